The van der Waals surface area contributed by atoms with E-state index in [1.807, 2.05) is 23.1 Å². The Bertz CT molecular complexity index is 922. The van der Waals surface area contributed by atoms with Gasteiger partial charge in [0.25, 0.3) is 5.91 Å². The minimum Gasteiger partial charge on any atom is -0.487 e. The van der Waals surface area contributed by atoms with Gasteiger partial charge in [-0.2, -0.15) is 0 Å². The fourth-order valence-corrected chi connectivity index (χ4v) is 5.90. The molecule has 1 aromatic carbocycles. The van der Waals surface area contributed by atoms with Crippen LogP contribution in [0.3, 0.4) is 0 Å². The second kappa shape index (κ2) is 6.96. The van der Waals surface area contributed by atoms with Gasteiger partial charge in [0.1, 0.15) is 16.2 Å². The van der Waals surface area contributed by atoms with Gasteiger partial charge in [0.05, 0.1) is 24.4 Å². The van der Waals surface area contributed by atoms with Crippen molar-refractivity contribution in [3.05, 3.63) is 45.4 Å². The van der Waals surface area contributed by atoms with E-state index in [1.165, 1.54) is 11.3 Å². The first kappa shape index (κ1) is 19.3. The number of ether oxygens (including phenoxy) is 2. The van der Waals surface area contributed by atoms with E-state index >= 15 is 0 Å². The third-order valence-electron chi connectivity index (χ3n) is 6.89. The molecule has 2 atom stereocenters. The average molecular weight is 433 g/mol. The number of hydrogen-bond donors (Lipinski definition) is 0. The third-order valence-corrected chi connectivity index (χ3v) is 7.88. The van der Waals surface area contributed by atoms with Gasteiger partial charge in [0.15, 0.2) is 0 Å². The topological polar surface area (TPSA) is 51.7 Å². The maximum absolute atomic E-state index is 12.7. The Morgan fingerprint density at radius 2 is 2.10 bits per heavy atom. The number of nitrogens with zero attached hydrogens (tertiary/aromatic N) is 2. The van der Waals surface area contributed by atoms with Crippen molar-refractivity contribution in [3.63, 3.8) is 0 Å². The number of hydrogen-bond acceptors (Lipinski definition) is 5. The molecule has 0 N–H and O–H groups in total. The van der Waals surface area contributed by atoms with E-state index in [4.69, 9.17) is 21.1 Å². The van der Waals surface area contributed by atoms with Gasteiger partial charge < -0.3 is 14.4 Å². The normalized spacial score (nSPS) is 27.1. The lowest BCUT2D eigenvalue weighted by molar-refractivity contribution is -0.173. The molecular weight excluding hydrogens is 408 g/mol. The summed E-state index contributed by atoms with van der Waals surface area (Å²) < 4.78 is 12.9. The molecule has 0 bridgehead atoms. The number of carbonyl (C=O) groups excluding carboxylic acids is 1. The summed E-state index contributed by atoms with van der Waals surface area (Å²) in [6, 6.07) is 5.81. The lowest BCUT2D eigenvalue weighted by atomic mass is 9.64. The minimum atomic E-state index is -0.311. The van der Waals surface area contributed by atoms with Crippen molar-refractivity contribution in [2.75, 3.05) is 19.7 Å². The zero-order valence-corrected chi connectivity index (χ0v) is 18.3. The molecule has 5 rings (SSSR count). The highest BCUT2D eigenvalue weighted by Crippen LogP contribution is 2.55. The van der Waals surface area contributed by atoms with Crippen LogP contribution in [-0.2, 0) is 4.74 Å². The maximum Gasteiger partial charge on any atom is 0.265 e. The third kappa shape index (κ3) is 3.35. The lowest BCUT2D eigenvalue weighted by Gasteiger charge is -2.54. The van der Waals surface area contributed by atoms with Gasteiger partial charge >= 0.3 is 0 Å². The van der Waals surface area contributed by atoms with Crippen LogP contribution in [-0.4, -0.2) is 41.1 Å². The van der Waals surface area contributed by atoms with Crippen molar-refractivity contribution in [1.82, 2.24) is 9.88 Å². The first-order valence-electron chi connectivity index (χ1n) is 10.1. The molecule has 2 fully saturated rings. The molecule has 154 valence electrons. The van der Waals surface area contributed by atoms with Crippen molar-refractivity contribution in [1.29, 1.82) is 0 Å². The summed E-state index contributed by atoms with van der Waals surface area (Å²) in [6.45, 7) is 6.57. The number of benzene rings is 1. The molecule has 0 aliphatic carbocycles. The first-order chi connectivity index (χ1) is 13.9. The largest absolute Gasteiger partial charge is 0.487 e. The molecule has 1 amide bonds. The number of rotatable bonds is 1. The fourth-order valence-electron chi connectivity index (χ4n) is 5.14. The molecular formula is C22H25ClN2O3S. The van der Waals surface area contributed by atoms with Crippen LogP contribution < -0.4 is 4.74 Å². The summed E-state index contributed by atoms with van der Waals surface area (Å²) in [4.78, 5) is 19.4. The molecule has 0 saturated carbocycles. The summed E-state index contributed by atoms with van der Waals surface area (Å²) in [5, 5.41) is 0.713. The summed E-state index contributed by atoms with van der Waals surface area (Å²) in [6.07, 6.45) is 4.63. The van der Waals surface area contributed by atoms with Gasteiger partial charge in [-0.15, -0.1) is 11.3 Å². The van der Waals surface area contributed by atoms with Crippen LogP contribution in [0.15, 0.2) is 29.9 Å². The molecule has 1 aromatic heterocycles. The van der Waals surface area contributed by atoms with E-state index in [9.17, 15) is 4.79 Å². The van der Waals surface area contributed by atoms with E-state index in [2.05, 4.69) is 18.8 Å². The molecule has 7 heteroatoms. The van der Waals surface area contributed by atoms with E-state index in [0.717, 1.165) is 55.1 Å². The predicted molar refractivity (Wildman–Crippen MR) is 113 cm³/mol. The highest BCUT2D eigenvalue weighted by Gasteiger charge is 2.53. The van der Waals surface area contributed by atoms with E-state index in [0.29, 0.717) is 5.02 Å². The average Bonchev–Trinajstić information content (AvgIpc) is 3.24. The smallest absolute Gasteiger partial charge is 0.265 e. The van der Waals surface area contributed by atoms with Crippen LogP contribution in [0.4, 0.5) is 0 Å². The Morgan fingerprint density at radius 1 is 1.31 bits per heavy atom. The molecule has 2 aromatic rings. The highest BCUT2D eigenvalue weighted by atomic mass is 35.5. The predicted octanol–water partition coefficient (Wildman–Crippen LogP) is 4.97. The Labute approximate surface area is 180 Å². The standard InChI is InChI=1S/C22H25ClN2O3S/c1-21(2)16-10-22(5-7-25(8-6-22)20(26)18-11-24-13-29-18)12-27-19(16)15-9-14(23)3-4-17(15)28-21/h3-4,9,11,13,16,19H,5-8,10,12H2,1-2H3/t16-,19+/m0/s1. The summed E-state index contributed by atoms with van der Waals surface area (Å²) in [7, 11) is 0. The molecule has 29 heavy (non-hydrogen) atoms. The van der Waals surface area contributed by atoms with E-state index in [-0.39, 0.29) is 28.9 Å². The van der Waals surface area contributed by atoms with Crippen LogP contribution >= 0.6 is 22.9 Å². The van der Waals surface area contributed by atoms with Gasteiger partial charge in [-0.05, 0) is 56.7 Å². The number of aromatic nitrogens is 1. The van der Waals surface area contributed by atoms with Crippen molar-refractivity contribution in [3.8, 4) is 5.75 Å². The van der Waals surface area contributed by atoms with Crippen LogP contribution in [0, 0.1) is 11.3 Å². The summed E-state index contributed by atoms with van der Waals surface area (Å²) in [5.41, 5.74) is 2.56. The van der Waals surface area contributed by atoms with Crippen LogP contribution in [0.25, 0.3) is 0 Å². The number of amides is 1. The van der Waals surface area contributed by atoms with Crippen molar-refractivity contribution in [2.45, 2.75) is 44.8 Å². The number of fused-ring (bicyclic) bond motifs is 3. The van der Waals surface area contributed by atoms with Gasteiger partial charge in [-0.25, -0.2) is 0 Å². The Balaban J connectivity index is 1.34. The van der Waals surface area contributed by atoms with Crippen LogP contribution in [0.5, 0.6) is 5.75 Å². The van der Waals surface area contributed by atoms with Crippen LogP contribution in [0.1, 0.15) is 54.4 Å². The molecule has 1 spiro atoms. The first-order valence-corrected chi connectivity index (χ1v) is 11.4. The van der Waals surface area contributed by atoms with E-state index < -0.39 is 0 Å². The minimum absolute atomic E-state index is 0.00919. The number of carbonyl (C=O) groups is 1. The van der Waals surface area contributed by atoms with Gasteiger partial charge in [-0.1, -0.05) is 11.6 Å². The number of thiazole rings is 1. The van der Waals surface area contributed by atoms with Crippen molar-refractivity contribution < 1.29 is 14.3 Å². The van der Waals surface area contributed by atoms with Crippen LogP contribution in [0.2, 0.25) is 5.02 Å². The number of piperidine rings is 1. The van der Waals surface area contributed by atoms with Gasteiger partial charge in [0.2, 0.25) is 0 Å². The summed E-state index contributed by atoms with van der Waals surface area (Å²) in [5.74, 6) is 1.23. The molecule has 2 saturated heterocycles. The van der Waals surface area contributed by atoms with Gasteiger partial charge in [0, 0.05) is 29.6 Å². The fraction of sp³-hybridized carbons (Fsp3) is 0.545. The number of likely N-dealkylation sites (tertiary alicyclic amines) is 1. The molecule has 0 radical (unpaired) electrons. The van der Waals surface area contributed by atoms with Crippen molar-refractivity contribution in [2.24, 2.45) is 11.3 Å². The SMILES string of the molecule is CC1(C)Oc2ccc(Cl)cc2[C@H]2OCC3(CCN(C(=O)c4cncs4)CC3)C[C@@H]21. The highest BCUT2D eigenvalue weighted by molar-refractivity contribution is 7.11. The second-order valence-corrected chi connectivity index (χ2v) is 10.4. The Morgan fingerprint density at radius 3 is 2.83 bits per heavy atom. The van der Waals surface area contributed by atoms with Crippen molar-refractivity contribution >= 4 is 28.8 Å². The Hall–Kier alpha value is -1.63. The Kier molecular flexibility index (Phi) is 4.64. The lowest BCUT2D eigenvalue weighted by Crippen LogP contribution is -2.54. The van der Waals surface area contributed by atoms with E-state index in [1.54, 1.807) is 11.7 Å². The summed E-state index contributed by atoms with van der Waals surface area (Å²) >= 11 is 7.66. The molecule has 3 aliphatic heterocycles. The second-order valence-electron chi connectivity index (χ2n) is 9.09. The quantitative estimate of drug-likeness (QED) is 0.638. The molecule has 0 unspecified atom stereocenters. The number of halogens is 1. The zero-order chi connectivity index (χ0) is 20.2. The molecule has 5 nitrogen and oxygen atoms in total. The molecule has 4 heterocycles. The molecule has 3 aliphatic rings. The van der Waals surface area contributed by atoms with Gasteiger partial charge in [-0.3, -0.25) is 9.78 Å². The monoisotopic (exact) mass is 432 g/mol. The zero-order valence-electron chi connectivity index (χ0n) is 16.7. The maximum atomic E-state index is 12.7.